The molecular formula is C17H15ClN6OS. The minimum Gasteiger partial charge on any atom is -0.438 e. The van der Waals surface area contributed by atoms with E-state index in [1.807, 2.05) is 5.38 Å². The molecule has 4 rings (SSSR count). The standard InChI is InChI=1S/C17H15ClN6OS/c18-11-2-4-12(5-3-11)25-15-13(8-19-10-22-15)14-9-26-17(23-14)24-16-20-6-1-7-21-16/h2-5,8-10H,1,6-7H2,(H2,20,21,23,24). The van der Waals surface area contributed by atoms with Crippen LogP contribution >= 0.6 is 22.9 Å². The van der Waals surface area contributed by atoms with Crippen LogP contribution in [0.1, 0.15) is 6.42 Å². The molecule has 9 heteroatoms. The van der Waals surface area contributed by atoms with Gasteiger partial charge < -0.3 is 15.4 Å². The fourth-order valence-electron chi connectivity index (χ4n) is 2.36. The number of ether oxygens (including phenoxy) is 1. The van der Waals surface area contributed by atoms with Crippen molar-refractivity contribution in [3.8, 4) is 22.9 Å². The predicted molar refractivity (Wildman–Crippen MR) is 103 cm³/mol. The van der Waals surface area contributed by atoms with Crippen LogP contribution in [0, 0.1) is 0 Å². The number of benzene rings is 1. The Bertz CT molecular complexity index is 927. The van der Waals surface area contributed by atoms with Crippen molar-refractivity contribution in [2.24, 2.45) is 4.99 Å². The Morgan fingerprint density at radius 2 is 2.12 bits per heavy atom. The fraction of sp³-hybridized carbons (Fsp3) is 0.176. The van der Waals surface area contributed by atoms with Crippen LogP contribution in [0.25, 0.3) is 11.3 Å². The van der Waals surface area contributed by atoms with Gasteiger partial charge >= 0.3 is 0 Å². The summed E-state index contributed by atoms with van der Waals surface area (Å²) in [7, 11) is 0. The Morgan fingerprint density at radius 3 is 2.92 bits per heavy atom. The van der Waals surface area contributed by atoms with Gasteiger partial charge in [-0.25, -0.2) is 15.0 Å². The smallest absolute Gasteiger partial charge is 0.231 e. The van der Waals surface area contributed by atoms with E-state index in [2.05, 4.69) is 30.6 Å². The quantitative estimate of drug-likeness (QED) is 0.709. The third-order valence-electron chi connectivity index (χ3n) is 3.61. The Balaban J connectivity index is 1.56. The molecule has 0 atom stereocenters. The highest BCUT2D eigenvalue weighted by Crippen LogP contribution is 2.32. The summed E-state index contributed by atoms with van der Waals surface area (Å²) in [5.41, 5.74) is 1.45. The Kier molecular flexibility index (Phi) is 4.94. The Labute approximate surface area is 159 Å². The van der Waals surface area contributed by atoms with Crippen LogP contribution in [-0.4, -0.2) is 34.0 Å². The van der Waals surface area contributed by atoms with Gasteiger partial charge in [0.1, 0.15) is 12.1 Å². The van der Waals surface area contributed by atoms with Crippen molar-refractivity contribution in [1.29, 1.82) is 0 Å². The molecule has 2 N–H and O–H groups in total. The van der Waals surface area contributed by atoms with Gasteiger partial charge in [0.25, 0.3) is 0 Å². The van der Waals surface area contributed by atoms with Crippen molar-refractivity contribution in [2.45, 2.75) is 6.42 Å². The maximum Gasteiger partial charge on any atom is 0.231 e. The summed E-state index contributed by atoms with van der Waals surface area (Å²) in [5, 5.41) is 9.73. The first kappa shape index (κ1) is 16.7. The van der Waals surface area contributed by atoms with Gasteiger partial charge in [0.2, 0.25) is 5.88 Å². The van der Waals surface area contributed by atoms with Crippen LogP contribution in [0.5, 0.6) is 11.6 Å². The molecule has 132 valence electrons. The van der Waals surface area contributed by atoms with Crippen LogP contribution in [0.15, 0.2) is 47.2 Å². The summed E-state index contributed by atoms with van der Waals surface area (Å²) in [6.07, 6.45) is 4.18. The van der Waals surface area contributed by atoms with E-state index < -0.39 is 0 Å². The molecule has 0 spiro atoms. The molecule has 0 aliphatic carbocycles. The zero-order chi connectivity index (χ0) is 17.8. The molecule has 3 heterocycles. The van der Waals surface area contributed by atoms with Gasteiger partial charge in [-0.2, -0.15) is 0 Å². The number of aliphatic imine (C=N–C) groups is 1. The lowest BCUT2D eigenvalue weighted by atomic mass is 10.2. The van der Waals surface area contributed by atoms with E-state index in [9.17, 15) is 0 Å². The number of rotatable bonds is 4. The third-order valence-corrected chi connectivity index (χ3v) is 4.62. The predicted octanol–water partition coefficient (Wildman–Crippen LogP) is 3.81. The summed E-state index contributed by atoms with van der Waals surface area (Å²) in [5.74, 6) is 1.83. The molecule has 7 nitrogen and oxygen atoms in total. The van der Waals surface area contributed by atoms with Crippen LogP contribution in [-0.2, 0) is 0 Å². The molecule has 0 fully saturated rings. The lowest BCUT2D eigenvalue weighted by molar-refractivity contribution is 0.463. The third kappa shape index (κ3) is 3.92. The molecule has 0 amide bonds. The van der Waals surface area contributed by atoms with Gasteiger partial charge in [-0.05, 0) is 30.7 Å². The molecule has 0 bridgehead atoms. The fourth-order valence-corrected chi connectivity index (χ4v) is 3.20. The number of halogens is 1. The van der Waals surface area contributed by atoms with Gasteiger partial charge in [0, 0.05) is 29.7 Å². The second-order valence-electron chi connectivity index (χ2n) is 5.47. The van der Waals surface area contributed by atoms with Crippen molar-refractivity contribution in [2.75, 3.05) is 18.4 Å². The first-order chi connectivity index (χ1) is 12.8. The average molecular weight is 387 g/mol. The van der Waals surface area contributed by atoms with E-state index in [4.69, 9.17) is 16.3 Å². The molecule has 0 saturated carbocycles. The largest absolute Gasteiger partial charge is 0.438 e. The SMILES string of the molecule is Clc1ccc(Oc2ncncc2-c2csc(NC3=NCCCN3)n2)cc1. The highest BCUT2D eigenvalue weighted by Gasteiger charge is 2.14. The van der Waals surface area contributed by atoms with Gasteiger partial charge in [-0.3, -0.25) is 4.99 Å². The normalized spacial score (nSPS) is 13.7. The second kappa shape index (κ2) is 7.67. The van der Waals surface area contributed by atoms with E-state index >= 15 is 0 Å². The van der Waals surface area contributed by atoms with E-state index in [-0.39, 0.29) is 0 Å². The van der Waals surface area contributed by atoms with Gasteiger partial charge in [-0.1, -0.05) is 11.6 Å². The maximum atomic E-state index is 5.91. The molecule has 3 aromatic rings. The molecule has 0 saturated heterocycles. The number of hydrogen-bond donors (Lipinski definition) is 2. The molecule has 1 aliphatic heterocycles. The van der Waals surface area contributed by atoms with Crippen molar-refractivity contribution in [3.63, 3.8) is 0 Å². The Morgan fingerprint density at radius 1 is 1.23 bits per heavy atom. The number of nitrogens with zero attached hydrogens (tertiary/aromatic N) is 4. The van der Waals surface area contributed by atoms with Crippen LogP contribution in [0.2, 0.25) is 5.02 Å². The number of hydrogen-bond acceptors (Lipinski definition) is 8. The van der Waals surface area contributed by atoms with E-state index in [0.717, 1.165) is 36.3 Å². The highest BCUT2D eigenvalue weighted by atomic mass is 35.5. The summed E-state index contributed by atoms with van der Waals surface area (Å²) in [4.78, 5) is 17.3. The maximum absolute atomic E-state index is 5.91. The van der Waals surface area contributed by atoms with E-state index in [1.165, 1.54) is 17.7 Å². The first-order valence-electron chi connectivity index (χ1n) is 8.02. The van der Waals surface area contributed by atoms with Crippen LogP contribution < -0.4 is 15.4 Å². The molecular weight excluding hydrogens is 372 g/mol. The van der Waals surface area contributed by atoms with Crippen LogP contribution in [0.3, 0.4) is 0 Å². The zero-order valence-corrected chi connectivity index (χ0v) is 15.2. The second-order valence-corrected chi connectivity index (χ2v) is 6.77. The Hall–Kier alpha value is -2.71. The van der Waals surface area contributed by atoms with Gasteiger partial charge in [-0.15, -0.1) is 11.3 Å². The van der Waals surface area contributed by atoms with Crippen LogP contribution in [0.4, 0.5) is 5.13 Å². The number of thiazole rings is 1. The monoisotopic (exact) mass is 386 g/mol. The van der Waals surface area contributed by atoms with E-state index in [1.54, 1.807) is 30.5 Å². The lowest BCUT2D eigenvalue weighted by Gasteiger charge is -2.14. The molecule has 1 aromatic carbocycles. The van der Waals surface area contributed by atoms with Gasteiger partial charge in [0.15, 0.2) is 11.1 Å². The van der Waals surface area contributed by atoms with Crippen molar-refractivity contribution in [1.82, 2.24) is 20.3 Å². The van der Waals surface area contributed by atoms with E-state index in [0.29, 0.717) is 22.2 Å². The summed E-state index contributed by atoms with van der Waals surface area (Å²) in [6.45, 7) is 1.73. The molecule has 0 radical (unpaired) electrons. The summed E-state index contributed by atoms with van der Waals surface area (Å²) >= 11 is 7.40. The average Bonchev–Trinajstić information content (AvgIpc) is 3.13. The minimum atomic E-state index is 0.437. The number of guanidine groups is 1. The van der Waals surface area contributed by atoms with Crippen molar-refractivity contribution < 1.29 is 4.74 Å². The lowest BCUT2D eigenvalue weighted by Crippen LogP contribution is -2.35. The topological polar surface area (TPSA) is 84.3 Å². The molecule has 0 unspecified atom stereocenters. The summed E-state index contributed by atoms with van der Waals surface area (Å²) < 4.78 is 5.88. The highest BCUT2D eigenvalue weighted by molar-refractivity contribution is 7.14. The first-order valence-corrected chi connectivity index (χ1v) is 9.28. The molecule has 1 aliphatic rings. The zero-order valence-electron chi connectivity index (χ0n) is 13.6. The molecule has 26 heavy (non-hydrogen) atoms. The minimum absolute atomic E-state index is 0.437. The van der Waals surface area contributed by atoms with Crippen molar-refractivity contribution in [3.05, 3.63) is 47.2 Å². The summed E-state index contributed by atoms with van der Waals surface area (Å²) in [6, 6.07) is 7.10. The van der Waals surface area contributed by atoms with Gasteiger partial charge in [0.05, 0.1) is 11.3 Å². The number of anilines is 1. The van der Waals surface area contributed by atoms with Crippen molar-refractivity contribution >= 4 is 34.0 Å². The number of nitrogens with one attached hydrogen (secondary N) is 2. The molecule has 2 aromatic heterocycles. The number of aromatic nitrogens is 3.